The van der Waals surface area contributed by atoms with Gasteiger partial charge in [0, 0.05) is 24.5 Å². The van der Waals surface area contributed by atoms with E-state index in [0.717, 1.165) is 12.1 Å². The first-order valence-electron chi connectivity index (χ1n) is 7.45. The van der Waals surface area contributed by atoms with Crippen LogP contribution in [0, 0.1) is 11.6 Å². The third-order valence-electron chi connectivity index (χ3n) is 3.40. The van der Waals surface area contributed by atoms with E-state index in [2.05, 4.69) is 10.4 Å². The molecule has 0 atom stereocenters. The van der Waals surface area contributed by atoms with E-state index in [0.29, 0.717) is 11.4 Å². The van der Waals surface area contributed by atoms with E-state index >= 15 is 0 Å². The number of aromatic nitrogens is 3. The van der Waals surface area contributed by atoms with Gasteiger partial charge in [-0.3, -0.25) is 4.79 Å². The molecular weight excluding hydrogens is 314 g/mol. The molecule has 2 aromatic heterocycles. The Kier molecular flexibility index (Phi) is 4.16. The lowest BCUT2D eigenvalue weighted by Gasteiger charge is -2.13. The number of rotatable bonds is 4. The molecule has 124 valence electrons. The van der Waals surface area contributed by atoms with Crippen LogP contribution < -0.4 is 5.32 Å². The number of nitrogens with one attached hydrogen (secondary N) is 1. The van der Waals surface area contributed by atoms with Gasteiger partial charge in [-0.2, -0.15) is 5.10 Å². The average molecular weight is 330 g/mol. The van der Waals surface area contributed by atoms with Gasteiger partial charge in [0.25, 0.3) is 5.91 Å². The highest BCUT2D eigenvalue weighted by Gasteiger charge is 2.21. The van der Waals surface area contributed by atoms with Crippen LogP contribution in [-0.4, -0.2) is 26.3 Å². The summed E-state index contributed by atoms with van der Waals surface area (Å²) in [6, 6.07) is 6.72. The number of nitrogens with zero attached hydrogens (tertiary/aromatic N) is 3. The van der Waals surface area contributed by atoms with Crippen LogP contribution in [0.15, 0.2) is 48.9 Å². The first-order chi connectivity index (χ1) is 11.5. The van der Waals surface area contributed by atoms with E-state index in [-0.39, 0.29) is 17.6 Å². The van der Waals surface area contributed by atoms with Crippen molar-refractivity contribution in [3.8, 4) is 11.5 Å². The minimum absolute atomic E-state index is 0.0547. The van der Waals surface area contributed by atoms with E-state index in [1.165, 1.54) is 16.9 Å². The van der Waals surface area contributed by atoms with Crippen LogP contribution in [-0.2, 0) is 0 Å². The highest BCUT2D eigenvalue weighted by molar-refractivity contribution is 5.97. The molecule has 3 aromatic rings. The Hall–Kier alpha value is -2.96. The van der Waals surface area contributed by atoms with Crippen molar-refractivity contribution in [3.05, 3.63) is 66.1 Å². The largest absolute Gasteiger partial charge is 0.350 e. The molecule has 0 saturated carbocycles. The molecule has 0 saturated heterocycles. The molecule has 0 aliphatic rings. The maximum absolute atomic E-state index is 14.2. The van der Waals surface area contributed by atoms with Crippen molar-refractivity contribution in [2.45, 2.75) is 19.9 Å². The third-order valence-corrected chi connectivity index (χ3v) is 3.40. The van der Waals surface area contributed by atoms with Gasteiger partial charge in [-0.25, -0.2) is 13.5 Å². The first kappa shape index (κ1) is 15.9. The molecule has 0 aliphatic carbocycles. The quantitative estimate of drug-likeness (QED) is 0.799. The number of carbonyl (C=O) groups is 1. The van der Waals surface area contributed by atoms with Gasteiger partial charge >= 0.3 is 0 Å². The number of halogens is 2. The summed E-state index contributed by atoms with van der Waals surface area (Å²) in [6.07, 6.45) is 4.82. The fourth-order valence-electron chi connectivity index (χ4n) is 2.40. The SMILES string of the molecule is CC(C)NC(=O)c1cnn(-c2ccc(F)cc2F)c1-n1cccc1. The smallest absolute Gasteiger partial charge is 0.256 e. The van der Waals surface area contributed by atoms with Crippen LogP contribution in [0.2, 0.25) is 0 Å². The maximum atomic E-state index is 14.2. The molecule has 0 spiro atoms. The first-order valence-corrected chi connectivity index (χ1v) is 7.45. The van der Waals surface area contributed by atoms with Crippen LogP contribution in [0.4, 0.5) is 8.78 Å². The lowest BCUT2D eigenvalue weighted by atomic mass is 10.2. The van der Waals surface area contributed by atoms with Crippen LogP contribution in [0.5, 0.6) is 0 Å². The molecule has 24 heavy (non-hydrogen) atoms. The Morgan fingerprint density at radius 3 is 2.54 bits per heavy atom. The van der Waals surface area contributed by atoms with Crippen molar-refractivity contribution >= 4 is 5.91 Å². The van der Waals surface area contributed by atoms with E-state index in [4.69, 9.17) is 0 Å². The maximum Gasteiger partial charge on any atom is 0.256 e. The Morgan fingerprint density at radius 2 is 1.92 bits per heavy atom. The van der Waals surface area contributed by atoms with E-state index < -0.39 is 11.6 Å². The van der Waals surface area contributed by atoms with Crippen LogP contribution in [0.25, 0.3) is 11.5 Å². The summed E-state index contributed by atoms with van der Waals surface area (Å²) in [5.41, 5.74) is 0.354. The second-order valence-electron chi connectivity index (χ2n) is 5.61. The molecule has 5 nitrogen and oxygen atoms in total. The van der Waals surface area contributed by atoms with E-state index in [1.807, 2.05) is 13.8 Å². The second kappa shape index (κ2) is 6.27. The van der Waals surface area contributed by atoms with Crippen molar-refractivity contribution in [1.29, 1.82) is 0 Å². The molecular formula is C17H16F2N4O. The zero-order valence-corrected chi connectivity index (χ0v) is 13.2. The molecule has 1 N–H and O–H groups in total. The monoisotopic (exact) mass is 330 g/mol. The lowest BCUT2D eigenvalue weighted by Crippen LogP contribution is -2.30. The zero-order valence-electron chi connectivity index (χ0n) is 13.2. The van der Waals surface area contributed by atoms with E-state index in [9.17, 15) is 13.6 Å². The number of amides is 1. The minimum atomic E-state index is -0.762. The van der Waals surface area contributed by atoms with Crippen LogP contribution >= 0.6 is 0 Å². The summed E-state index contributed by atoms with van der Waals surface area (Å²) in [5.74, 6) is -1.38. The van der Waals surface area contributed by atoms with Gasteiger partial charge < -0.3 is 9.88 Å². The van der Waals surface area contributed by atoms with Crippen molar-refractivity contribution < 1.29 is 13.6 Å². The van der Waals surface area contributed by atoms with Gasteiger partial charge in [0.15, 0.2) is 11.6 Å². The number of carbonyl (C=O) groups excluding carboxylic acids is 1. The van der Waals surface area contributed by atoms with Gasteiger partial charge in [0.2, 0.25) is 0 Å². The summed E-state index contributed by atoms with van der Waals surface area (Å²) in [5, 5.41) is 6.92. The lowest BCUT2D eigenvalue weighted by molar-refractivity contribution is 0.0943. The predicted octanol–water partition coefficient (Wildman–Crippen LogP) is 3.08. The standard InChI is InChI=1S/C17H16F2N4O/c1-11(2)21-16(24)13-10-20-23(17(13)22-7-3-4-8-22)15-6-5-12(18)9-14(15)19/h3-11H,1-2H3,(H,21,24). The predicted molar refractivity (Wildman–Crippen MR) is 85.4 cm³/mol. The molecule has 0 unspecified atom stereocenters. The highest BCUT2D eigenvalue weighted by atomic mass is 19.1. The van der Waals surface area contributed by atoms with E-state index in [1.54, 1.807) is 29.1 Å². The number of hydrogen-bond donors (Lipinski definition) is 1. The second-order valence-corrected chi connectivity index (χ2v) is 5.61. The van der Waals surface area contributed by atoms with Crippen molar-refractivity contribution in [2.75, 3.05) is 0 Å². The van der Waals surface area contributed by atoms with Crippen molar-refractivity contribution in [1.82, 2.24) is 19.7 Å². The molecule has 2 heterocycles. The highest BCUT2D eigenvalue weighted by Crippen LogP contribution is 2.22. The molecule has 0 bridgehead atoms. The van der Waals surface area contributed by atoms with Gasteiger partial charge in [0.05, 0.1) is 6.20 Å². The molecule has 1 amide bonds. The molecule has 3 rings (SSSR count). The Morgan fingerprint density at radius 1 is 1.21 bits per heavy atom. The molecule has 7 heteroatoms. The number of hydrogen-bond acceptors (Lipinski definition) is 2. The van der Waals surface area contributed by atoms with Gasteiger partial charge in [0.1, 0.15) is 17.1 Å². The Balaban J connectivity index is 2.17. The topological polar surface area (TPSA) is 51.9 Å². The fourth-order valence-corrected chi connectivity index (χ4v) is 2.40. The summed E-state index contributed by atoms with van der Waals surface area (Å²) >= 11 is 0. The summed E-state index contributed by atoms with van der Waals surface area (Å²) < 4.78 is 30.3. The summed E-state index contributed by atoms with van der Waals surface area (Å²) in [4.78, 5) is 12.4. The van der Waals surface area contributed by atoms with Crippen molar-refractivity contribution in [3.63, 3.8) is 0 Å². The van der Waals surface area contributed by atoms with Gasteiger partial charge in [-0.1, -0.05) is 0 Å². The molecule has 1 aromatic carbocycles. The molecule has 0 aliphatic heterocycles. The third kappa shape index (κ3) is 2.92. The average Bonchev–Trinajstić information content (AvgIpc) is 3.15. The van der Waals surface area contributed by atoms with Gasteiger partial charge in [-0.05, 0) is 38.1 Å². The Labute approximate surface area is 137 Å². The minimum Gasteiger partial charge on any atom is -0.350 e. The number of benzene rings is 1. The molecule has 0 fully saturated rings. The normalized spacial score (nSPS) is 11.0. The summed E-state index contributed by atoms with van der Waals surface area (Å²) in [7, 11) is 0. The van der Waals surface area contributed by atoms with Crippen LogP contribution in [0.1, 0.15) is 24.2 Å². The summed E-state index contributed by atoms with van der Waals surface area (Å²) in [6.45, 7) is 3.69. The molecule has 0 radical (unpaired) electrons. The zero-order chi connectivity index (χ0) is 17.3. The Bertz CT molecular complexity index is 869. The van der Waals surface area contributed by atoms with Gasteiger partial charge in [-0.15, -0.1) is 0 Å². The van der Waals surface area contributed by atoms with Crippen molar-refractivity contribution in [2.24, 2.45) is 0 Å². The fraction of sp³-hybridized carbons (Fsp3) is 0.176. The van der Waals surface area contributed by atoms with Crippen LogP contribution in [0.3, 0.4) is 0 Å².